The lowest BCUT2D eigenvalue weighted by atomic mass is 9.98. The molecule has 1 amide bonds. The first-order valence-corrected chi connectivity index (χ1v) is 12.7. The molecule has 5 rings (SSSR count). The third kappa shape index (κ3) is 5.58. The number of hydrogen-bond donors (Lipinski definition) is 2. The molecule has 0 radical (unpaired) electrons. The molecule has 1 unspecified atom stereocenters. The minimum atomic E-state index is -0.447. The smallest absolute Gasteiger partial charge is 0.293 e. The number of fused-ring (bicyclic) bond motifs is 1. The zero-order valence-electron chi connectivity index (χ0n) is 20.2. The van der Waals surface area contributed by atoms with Crippen molar-refractivity contribution in [1.82, 2.24) is 10.3 Å². The zero-order chi connectivity index (χ0) is 25.9. The Bertz CT molecular complexity index is 1570. The fourth-order valence-corrected chi connectivity index (χ4v) is 4.20. The number of aromatic nitrogens is 1. The van der Waals surface area contributed by atoms with Crippen molar-refractivity contribution in [1.29, 1.82) is 0 Å². The van der Waals surface area contributed by atoms with Gasteiger partial charge in [0.25, 0.3) is 5.91 Å². The summed E-state index contributed by atoms with van der Waals surface area (Å²) in [7, 11) is 0. The molecule has 0 spiro atoms. The van der Waals surface area contributed by atoms with Crippen molar-refractivity contribution in [2.24, 2.45) is 0 Å². The van der Waals surface area contributed by atoms with Gasteiger partial charge >= 0.3 is 0 Å². The van der Waals surface area contributed by atoms with Gasteiger partial charge in [0.2, 0.25) is 5.89 Å². The molecule has 2 heterocycles. The number of halogens is 1. The minimum absolute atomic E-state index is 0.150. The number of oxazole rings is 1. The normalized spacial score (nSPS) is 11.9. The van der Waals surface area contributed by atoms with Gasteiger partial charge in [-0.25, -0.2) is 4.98 Å². The lowest BCUT2D eigenvalue weighted by Crippen LogP contribution is -2.33. The van der Waals surface area contributed by atoms with Crippen LogP contribution in [0.3, 0.4) is 0 Å². The van der Waals surface area contributed by atoms with Crippen LogP contribution in [0.15, 0.2) is 87.7 Å². The maximum Gasteiger partial charge on any atom is 0.293 e. The van der Waals surface area contributed by atoms with Gasteiger partial charge in [-0.05, 0) is 103 Å². The van der Waals surface area contributed by atoms with E-state index in [9.17, 15) is 4.79 Å². The monoisotopic (exact) mass is 529 g/mol. The molecule has 0 bridgehead atoms. The van der Waals surface area contributed by atoms with Crippen LogP contribution in [0.25, 0.3) is 33.9 Å². The molecule has 2 aromatic heterocycles. The quantitative estimate of drug-likeness (QED) is 0.217. The predicted molar refractivity (Wildman–Crippen MR) is 151 cm³/mol. The van der Waals surface area contributed by atoms with E-state index in [1.807, 2.05) is 42.5 Å². The van der Waals surface area contributed by atoms with Crippen molar-refractivity contribution < 1.29 is 13.6 Å². The van der Waals surface area contributed by atoms with Crippen LogP contribution in [0.1, 0.15) is 42.3 Å². The lowest BCUT2D eigenvalue weighted by molar-refractivity contribution is 0.0951. The van der Waals surface area contributed by atoms with E-state index in [2.05, 4.69) is 41.6 Å². The fourth-order valence-electron chi connectivity index (χ4n) is 3.86. The average Bonchev–Trinajstić information content (AvgIpc) is 3.56. The van der Waals surface area contributed by atoms with E-state index in [1.165, 1.54) is 5.56 Å². The van der Waals surface area contributed by atoms with Crippen molar-refractivity contribution >= 4 is 51.6 Å². The van der Waals surface area contributed by atoms with Gasteiger partial charge in [0.1, 0.15) is 11.3 Å². The highest BCUT2D eigenvalue weighted by molar-refractivity contribution is 7.80. The Labute approximate surface area is 224 Å². The van der Waals surface area contributed by atoms with Crippen LogP contribution < -0.4 is 10.6 Å². The maximum atomic E-state index is 12.6. The van der Waals surface area contributed by atoms with Gasteiger partial charge < -0.3 is 14.2 Å². The molecule has 2 N–H and O–H groups in total. The summed E-state index contributed by atoms with van der Waals surface area (Å²) in [6.45, 7) is 4.37. The molecule has 0 fully saturated rings. The number of rotatable bonds is 6. The molecular weight excluding hydrogens is 506 g/mol. The van der Waals surface area contributed by atoms with Gasteiger partial charge in [0, 0.05) is 21.8 Å². The van der Waals surface area contributed by atoms with E-state index >= 15 is 0 Å². The Morgan fingerprint density at radius 1 is 0.973 bits per heavy atom. The van der Waals surface area contributed by atoms with E-state index in [0.717, 1.165) is 28.6 Å². The highest BCUT2D eigenvalue weighted by Crippen LogP contribution is 2.29. The Hall–Kier alpha value is -3.94. The lowest BCUT2D eigenvalue weighted by Gasteiger charge is -2.09. The third-order valence-electron chi connectivity index (χ3n) is 6.17. The fraction of sp³-hybridized carbons (Fsp3) is 0.138. The number of thiocarbonyl (C=S) groups is 1. The van der Waals surface area contributed by atoms with Crippen molar-refractivity contribution in [3.63, 3.8) is 0 Å². The summed E-state index contributed by atoms with van der Waals surface area (Å²) in [5.41, 5.74) is 5.22. The summed E-state index contributed by atoms with van der Waals surface area (Å²) in [5, 5.41) is 6.43. The number of carbonyl (C=O) groups excluding carboxylic acids is 1. The van der Waals surface area contributed by atoms with Crippen LogP contribution in [-0.4, -0.2) is 16.0 Å². The Kier molecular flexibility index (Phi) is 7.08. The van der Waals surface area contributed by atoms with Gasteiger partial charge in [-0.1, -0.05) is 31.5 Å². The SMILES string of the molecule is CCC(C)c1ccc2oc(-c3ccc(NC(=S)NC(=O)c4ccc(-c5ccc(Cl)cc5)o4)cc3)nc2c1. The summed E-state index contributed by atoms with van der Waals surface area (Å²) >= 11 is 11.2. The molecule has 0 aliphatic carbocycles. The Morgan fingerprint density at radius 2 is 1.70 bits per heavy atom. The largest absolute Gasteiger partial charge is 0.451 e. The molecule has 6 nitrogen and oxygen atoms in total. The van der Waals surface area contributed by atoms with Gasteiger partial charge in [-0.2, -0.15) is 0 Å². The third-order valence-corrected chi connectivity index (χ3v) is 6.62. The topological polar surface area (TPSA) is 80.3 Å². The van der Waals surface area contributed by atoms with E-state index in [-0.39, 0.29) is 10.9 Å². The number of furan rings is 1. The van der Waals surface area contributed by atoms with E-state index < -0.39 is 5.91 Å². The maximum absolute atomic E-state index is 12.6. The van der Waals surface area contributed by atoms with Crippen molar-refractivity contribution in [3.05, 3.63) is 95.2 Å². The number of anilines is 1. The summed E-state index contributed by atoms with van der Waals surface area (Å²) in [4.78, 5) is 17.2. The molecule has 0 aliphatic heterocycles. The summed E-state index contributed by atoms with van der Waals surface area (Å²) < 4.78 is 11.6. The molecular formula is C29H24ClN3O3S. The second-order valence-corrected chi connectivity index (χ2v) is 9.56. The van der Waals surface area contributed by atoms with Crippen molar-refractivity contribution in [2.45, 2.75) is 26.2 Å². The standard InChI is InChI=1S/C29H24ClN3O3S/c1-3-17(2)20-8-13-25-23(16-20)32-28(36-25)19-6-11-22(12-7-19)31-29(37)33-27(34)26-15-14-24(35-26)18-4-9-21(30)10-5-18/h4-17H,3H2,1-2H3,(H2,31,33,34,37). The number of carbonyl (C=O) groups is 1. The van der Waals surface area contributed by atoms with Gasteiger partial charge in [-0.3, -0.25) is 10.1 Å². The van der Waals surface area contributed by atoms with E-state index in [4.69, 9.17) is 32.7 Å². The molecule has 186 valence electrons. The van der Waals surface area contributed by atoms with Crippen LogP contribution in [0.4, 0.5) is 5.69 Å². The Balaban J connectivity index is 1.22. The molecule has 0 aliphatic rings. The molecule has 0 saturated heterocycles. The highest BCUT2D eigenvalue weighted by Gasteiger charge is 2.15. The van der Waals surface area contributed by atoms with Gasteiger partial charge in [0.05, 0.1) is 0 Å². The summed E-state index contributed by atoms with van der Waals surface area (Å²) in [6.07, 6.45) is 1.07. The molecule has 0 saturated carbocycles. The molecule has 3 aromatic carbocycles. The molecule has 1 atom stereocenters. The average molecular weight is 530 g/mol. The number of nitrogens with one attached hydrogen (secondary N) is 2. The zero-order valence-corrected chi connectivity index (χ0v) is 21.8. The molecule has 37 heavy (non-hydrogen) atoms. The molecule has 8 heteroatoms. The predicted octanol–water partition coefficient (Wildman–Crippen LogP) is 8.05. The first-order valence-electron chi connectivity index (χ1n) is 11.9. The Morgan fingerprint density at radius 3 is 2.43 bits per heavy atom. The number of nitrogens with zero attached hydrogens (tertiary/aromatic N) is 1. The number of amides is 1. The van der Waals surface area contributed by atoms with E-state index in [0.29, 0.717) is 28.3 Å². The van der Waals surface area contributed by atoms with E-state index in [1.54, 1.807) is 24.3 Å². The highest BCUT2D eigenvalue weighted by atomic mass is 35.5. The van der Waals surface area contributed by atoms with Crippen LogP contribution in [0, 0.1) is 0 Å². The van der Waals surface area contributed by atoms with Crippen LogP contribution in [-0.2, 0) is 0 Å². The second-order valence-electron chi connectivity index (χ2n) is 8.71. The van der Waals surface area contributed by atoms with Crippen LogP contribution in [0.2, 0.25) is 5.02 Å². The minimum Gasteiger partial charge on any atom is -0.451 e. The van der Waals surface area contributed by atoms with Crippen molar-refractivity contribution in [3.8, 4) is 22.8 Å². The van der Waals surface area contributed by atoms with Crippen molar-refractivity contribution in [2.75, 3.05) is 5.32 Å². The second kappa shape index (κ2) is 10.6. The summed E-state index contributed by atoms with van der Waals surface area (Å²) in [5.74, 6) is 1.28. The van der Waals surface area contributed by atoms with Gasteiger partial charge in [-0.15, -0.1) is 0 Å². The first kappa shape index (κ1) is 24.7. The number of hydrogen-bond acceptors (Lipinski definition) is 5. The summed E-state index contributed by atoms with van der Waals surface area (Å²) in [6, 6.07) is 24.1. The first-order chi connectivity index (χ1) is 17.9. The number of benzene rings is 3. The van der Waals surface area contributed by atoms with Crippen LogP contribution in [0.5, 0.6) is 0 Å². The van der Waals surface area contributed by atoms with Crippen LogP contribution >= 0.6 is 23.8 Å². The van der Waals surface area contributed by atoms with Gasteiger partial charge in [0.15, 0.2) is 16.5 Å². The molecule has 5 aromatic rings.